The molecule has 3 amide bonds. The number of nitrogen functional groups attached to an aromatic ring is 1. The van der Waals surface area contributed by atoms with Gasteiger partial charge in [0.15, 0.2) is 36.0 Å². The number of nitrogens with two attached hydrogens (primary N) is 1. The van der Waals surface area contributed by atoms with E-state index in [4.69, 9.17) is 15.8 Å². The number of anilines is 1. The highest BCUT2D eigenvalue weighted by atomic mass is 32.2. The average molecular weight is 622 g/mol. The molecule has 1 saturated heterocycles. The largest absolute Gasteiger partial charge is 0.543 e. The van der Waals surface area contributed by atoms with Gasteiger partial charge in [0.2, 0.25) is 0 Å². The molecule has 2 atom stereocenters. The van der Waals surface area contributed by atoms with Crippen molar-refractivity contribution in [3.63, 3.8) is 0 Å². The summed E-state index contributed by atoms with van der Waals surface area (Å²) in [5, 5.41) is 31.1. The maximum absolute atomic E-state index is 13.1. The second-order valence-electron chi connectivity index (χ2n) is 9.11. The van der Waals surface area contributed by atoms with Gasteiger partial charge in [-0.05, 0) is 24.6 Å². The number of hydrogen-bond acceptors (Lipinski definition) is 12. The minimum Gasteiger partial charge on any atom is -0.543 e. The standard InChI is InChI=1S/C26H23N9O6S2/c1-2-41-33-18(17-11-43-26(28)31-17)22(37)32-19-23(38)35-20(25(39)40)13(10-42-24(19)35)4-3-6-34-7-5-15-14(9-34)8-16(30-15)21(36)29-12-27/h3-5,7-9,11,19,24H,2,6,10H2,1H3,(H5,28,29,31,32,36,37,39,40)/b4-3+,33-18-/t19-,24-/m1/s1. The lowest BCUT2D eigenvalue weighted by atomic mass is 10.0. The number of nitriles is 1. The van der Waals surface area contributed by atoms with Crippen LogP contribution in [0.5, 0.6) is 0 Å². The fourth-order valence-corrected chi connectivity index (χ4v) is 6.36. The SMILES string of the molecule is CCO/N=C(\C(=O)N[C@@H]1C(=O)N2C(C(=O)[O-])=C(/C=C/C[n+]3ccc4[nH]c(C(=O)NC#N)cc4c3)CS[C@H]12)c1csc(N)n1. The molecule has 0 radical (unpaired) electrons. The Balaban J connectivity index is 1.29. The molecule has 1 fully saturated rings. The fraction of sp³-hybridized carbons (Fsp3) is 0.231. The van der Waals surface area contributed by atoms with Gasteiger partial charge < -0.3 is 30.8 Å². The summed E-state index contributed by atoms with van der Waals surface area (Å²) < 4.78 is 1.81. The number of allylic oxidation sites excluding steroid dienone is 2. The molecule has 0 aromatic carbocycles. The maximum Gasteiger partial charge on any atom is 0.280 e. The van der Waals surface area contributed by atoms with Crippen molar-refractivity contribution in [1.29, 1.82) is 5.26 Å². The van der Waals surface area contributed by atoms with Crippen molar-refractivity contribution in [2.75, 3.05) is 18.1 Å². The highest BCUT2D eigenvalue weighted by Gasteiger charge is 2.53. The number of hydrogen-bond donors (Lipinski definition) is 4. The zero-order valence-electron chi connectivity index (χ0n) is 22.4. The third-order valence-electron chi connectivity index (χ3n) is 6.41. The smallest absolute Gasteiger partial charge is 0.280 e. The molecule has 0 unspecified atom stereocenters. The normalized spacial score (nSPS) is 18.3. The number of nitrogens with one attached hydrogen (secondary N) is 3. The van der Waals surface area contributed by atoms with Crippen molar-refractivity contribution in [1.82, 2.24) is 25.5 Å². The number of aromatic nitrogens is 3. The van der Waals surface area contributed by atoms with Crippen molar-refractivity contribution in [3.8, 4) is 6.19 Å². The van der Waals surface area contributed by atoms with Gasteiger partial charge in [0, 0.05) is 17.2 Å². The molecule has 0 aliphatic carbocycles. The number of H-pyrrole nitrogens is 1. The van der Waals surface area contributed by atoms with Crippen LogP contribution in [-0.4, -0.2) is 68.0 Å². The predicted octanol–water partition coefficient (Wildman–Crippen LogP) is -0.894. The lowest BCUT2D eigenvalue weighted by Crippen LogP contribution is -2.71. The van der Waals surface area contributed by atoms with Crippen molar-refractivity contribution in [3.05, 3.63) is 64.7 Å². The van der Waals surface area contributed by atoms with Crippen LogP contribution in [0.2, 0.25) is 0 Å². The monoisotopic (exact) mass is 621 g/mol. The van der Waals surface area contributed by atoms with E-state index >= 15 is 0 Å². The van der Waals surface area contributed by atoms with Gasteiger partial charge in [-0.1, -0.05) is 11.2 Å². The van der Waals surface area contributed by atoms with Crippen molar-refractivity contribution >= 4 is 68.5 Å². The predicted molar refractivity (Wildman–Crippen MR) is 152 cm³/mol. The van der Waals surface area contributed by atoms with E-state index in [1.54, 1.807) is 49.8 Å². The Kier molecular flexibility index (Phi) is 8.41. The van der Waals surface area contributed by atoms with E-state index in [0.717, 1.165) is 21.6 Å². The first-order valence-corrected chi connectivity index (χ1v) is 14.6. The van der Waals surface area contributed by atoms with Gasteiger partial charge in [-0.25, -0.2) is 9.55 Å². The number of carbonyl (C=O) groups is 4. The van der Waals surface area contributed by atoms with Gasteiger partial charge in [0.1, 0.15) is 29.4 Å². The second-order valence-corrected chi connectivity index (χ2v) is 11.1. The summed E-state index contributed by atoms with van der Waals surface area (Å²) in [5.74, 6) is -3.12. The zero-order chi connectivity index (χ0) is 30.7. The lowest BCUT2D eigenvalue weighted by molar-refractivity contribution is -0.685. The Morgan fingerprint density at radius 1 is 1.44 bits per heavy atom. The molecule has 5 rings (SSSR count). The Hall–Kier alpha value is -5.21. The van der Waals surface area contributed by atoms with Crippen LogP contribution in [0.15, 0.2) is 58.5 Å². The summed E-state index contributed by atoms with van der Waals surface area (Å²) in [6.07, 6.45) is 8.50. The van der Waals surface area contributed by atoms with E-state index in [1.165, 1.54) is 17.1 Å². The highest BCUT2D eigenvalue weighted by molar-refractivity contribution is 8.00. The number of amides is 3. The van der Waals surface area contributed by atoms with E-state index in [1.807, 2.05) is 4.57 Å². The van der Waals surface area contributed by atoms with Gasteiger partial charge in [0.05, 0.1) is 22.6 Å². The summed E-state index contributed by atoms with van der Waals surface area (Å²) in [7, 11) is 0. The number of fused-ring (bicyclic) bond motifs is 2. The Morgan fingerprint density at radius 3 is 2.95 bits per heavy atom. The summed E-state index contributed by atoms with van der Waals surface area (Å²) >= 11 is 2.41. The van der Waals surface area contributed by atoms with Crippen LogP contribution in [0.4, 0.5) is 5.13 Å². The number of nitrogens with zero attached hydrogens (tertiary/aromatic N) is 5. The van der Waals surface area contributed by atoms with Crippen LogP contribution in [0.25, 0.3) is 10.9 Å². The van der Waals surface area contributed by atoms with E-state index in [0.29, 0.717) is 17.6 Å². The molecular weight excluding hydrogens is 598 g/mol. The van der Waals surface area contributed by atoms with Crippen LogP contribution in [0.1, 0.15) is 23.1 Å². The quantitative estimate of drug-likeness (QED) is 0.0546. The molecular formula is C26H23N9O6S2. The van der Waals surface area contributed by atoms with Crippen molar-refractivity contribution < 1.29 is 33.7 Å². The topological polar surface area (TPSA) is 223 Å². The number of carboxylic acid groups (broad SMARTS) is 1. The Bertz CT molecular complexity index is 1770. The van der Waals surface area contributed by atoms with Crippen LogP contribution < -0.4 is 26.0 Å². The number of thiazole rings is 1. The molecule has 2 aliphatic rings. The van der Waals surface area contributed by atoms with Crippen LogP contribution in [0, 0.1) is 11.5 Å². The fourth-order valence-electron chi connectivity index (χ4n) is 4.49. The van der Waals surface area contributed by atoms with Gasteiger partial charge >= 0.3 is 0 Å². The summed E-state index contributed by atoms with van der Waals surface area (Å²) in [6, 6.07) is 2.38. The number of β-lactam (4-membered cyclic amide) rings is 1. The number of aliphatic carboxylic acids is 1. The minimum absolute atomic E-state index is 0.155. The minimum atomic E-state index is -1.51. The van der Waals surface area contributed by atoms with E-state index in [9.17, 15) is 24.3 Å². The molecule has 0 spiro atoms. The molecule has 5 N–H and O–H groups in total. The molecule has 220 valence electrons. The van der Waals surface area contributed by atoms with E-state index in [2.05, 4.69) is 25.8 Å². The molecule has 3 aromatic rings. The first-order valence-electron chi connectivity index (χ1n) is 12.7. The molecule has 0 bridgehead atoms. The number of carboxylic acids is 1. The van der Waals surface area contributed by atoms with Crippen LogP contribution in [0.3, 0.4) is 0 Å². The molecule has 2 aliphatic heterocycles. The first kappa shape index (κ1) is 29.3. The lowest BCUT2D eigenvalue weighted by Gasteiger charge is -2.50. The number of aromatic amines is 1. The number of thioether (sulfide) groups is 1. The maximum atomic E-state index is 13.1. The molecule has 5 heterocycles. The van der Waals surface area contributed by atoms with Crippen LogP contribution in [-0.2, 0) is 25.8 Å². The third kappa shape index (κ3) is 5.91. The Morgan fingerprint density at radius 2 is 2.26 bits per heavy atom. The zero-order valence-corrected chi connectivity index (χ0v) is 24.0. The van der Waals surface area contributed by atoms with E-state index < -0.39 is 35.1 Å². The van der Waals surface area contributed by atoms with Crippen LogP contribution >= 0.6 is 23.1 Å². The van der Waals surface area contributed by atoms with Gasteiger partial charge in [-0.3, -0.25) is 24.6 Å². The highest BCUT2D eigenvalue weighted by Crippen LogP contribution is 2.40. The third-order valence-corrected chi connectivity index (χ3v) is 8.39. The average Bonchev–Trinajstić information content (AvgIpc) is 3.61. The molecule has 43 heavy (non-hydrogen) atoms. The van der Waals surface area contributed by atoms with Gasteiger partial charge in [0.25, 0.3) is 17.7 Å². The number of rotatable bonds is 10. The number of carbonyl (C=O) groups excluding carboxylic acids is 4. The second kappa shape index (κ2) is 12.3. The van der Waals surface area contributed by atoms with Crippen molar-refractivity contribution in [2.45, 2.75) is 24.9 Å². The molecule has 17 heteroatoms. The molecule has 3 aromatic heterocycles. The summed E-state index contributed by atoms with van der Waals surface area (Å²) in [4.78, 5) is 63.2. The first-order chi connectivity index (χ1) is 20.7. The van der Waals surface area contributed by atoms with Crippen molar-refractivity contribution in [2.24, 2.45) is 5.16 Å². The van der Waals surface area contributed by atoms with Gasteiger partial charge in [-0.2, -0.15) is 5.26 Å². The number of pyridine rings is 1. The molecule has 15 nitrogen and oxygen atoms in total. The summed E-state index contributed by atoms with van der Waals surface area (Å²) in [5.41, 5.74) is 6.78. The Labute approximate surface area is 251 Å². The van der Waals surface area contributed by atoms with E-state index in [-0.39, 0.29) is 40.3 Å². The summed E-state index contributed by atoms with van der Waals surface area (Å²) in [6.45, 7) is 2.24. The molecule has 0 saturated carbocycles. The van der Waals surface area contributed by atoms with Gasteiger partial charge in [-0.15, -0.1) is 23.1 Å². The number of oxime groups is 1.